The SMILES string of the molecule is Fc1ccc(Nc2cnnc(N3CCN(c4ccccc4)CC3)n2)cc1. The molecule has 0 aliphatic carbocycles. The number of hydrogen-bond acceptors (Lipinski definition) is 6. The van der Waals surface area contributed by atoms with Gasteiger partial charge in [0.25, 0.3) is 0 Å². The van der Waals surface area contributed by atoms with Crippen LogP contribution in [0.4, 0.5) is 27.5 Å². The monoisotopic (exact) mass is 350 g/mol. The van der Waals surface area contributed by atoms with Crippen LogP contribution >= 0.6 is 0 Å². The number of rotatable bonds is 4. The van der Waals surface area contributed by atoms with Crippen LogP contribution in [0.2, 0.25) is 0 Å². The Bertz CT molecular complexity index is 847. The molecule has 1 aliphatic rings. The van der Waals surface area contributed by atoms with Gasteiger partial charge in [-0.15, -0.1) is 5.10 Å². The number of nitrogens with zero attached hydrogens (tertiary/aromatic N) is 5. The molecule has 1 N–H and O–H groups in total. The van der Waals surface area contributed by atoms with Gasteiger partial charge in [0.2, 0.25) is 5.95 Å². The first-order valence-electron chi connectivity index (χ1n) is 8.55. The van der Waals surface area contributed by atoms with E-state index in [1.165, 1.54) is 17.8 Å². The maximum Gasteiger partial charge on any atom is 0.247 e. The average Bonchev–Trinajstić information content (AvgIpc) is 2.71. The van der Waals surface area contributed by atoms with Crippen LogP contribution in [0.5, 0.6) is 0 Å². The lowest BCUT2D eigenvalue weighted by molar-refractivity contribution is 0.628. The van der Waals surface area contributed by atoms with Crippen molar-refractivity contribution >= 4 is 23.1 Å². The van der Waals surface area contributed by atoms with E-state index in [1.54, 1.807) is 18.3 Å². The molecule has 7 heteroatoms. The summed E-state index contributed by atoms with van der Waals surface area (Å²) in [5, 5.41) is 11.3. The Hall–Kier alpha value is -3.22. The van der Waals surface area contributed by atoms with E-state index < -0.39 is 0 Å². The minimum absolute atomic E-state index is 0.270. The van der Waals surface area contributed by atoms with Gasteiger partial charge in [-0.1, -0.05) is 18.2 Å². The molecule has 2 heterocycles. The Morgan fingerprint density at radius 1 is 0.846 bits per heavy atom. The maximum atomic E-state index is 13.0. The van der Waals surface area contributed by atoms with E-state index in [2.05, 4.69) is 54.6 Å². The summed E-state index contributed by atoms with van der Waals surface area (Å²) >= 11 is 0. The van der Waals surface area contributed by atoms with E-state index in [4.69, 9.17) is 0 Å². The second kappa shape index (κ2) is 7.35. The molecular weight excluding hydrogens is 331 g/mol. The number of benzene rings is 2. The van der Waals surface area contributed by atoms with Crippen LogP contribution in [-0.2, 0) is 0 Å². The highest BCUT2D eigenvalue weighted by Gasteiger charge is 2.19. The standard InChI is InChI=1S/C19H19FN6/c20-15-6-8-16(9-7-15)22-18-14-21-24-19(23-18)26-12-10-25(11-13-26)17-4-2-1-3-5-17/h1-9,14H,10-13H2,(H,22,23,24). The molecule has 132 valence electrons. The normalized spacial score (nSPS) is 14.3. The van der Waals surface area contributed by atoms with Crippen molar-refractivity contribution in [2.24, 2.45) is 0 Å². The Morgan fingerprint density at radius 3 is 2.27 bits per heavy atom. The molecule has 1 saturated heterocycles. The van der Waals surface area contributed by atoms with Gasteiger partial charge in [-0.25, -0.2) is 4.39 Å². The van der Waals surface area contributed by atoms with Crippen LogP contribution in [0, 0.1) is 5.82 Å². The highest BCUT2D eigenvalue weighted by Crippen LogP contribution is 2.19. The molecule has 2 aromatic carbocycles. The third-order valence-corrected chi connectivity index (χ3v) is 4.35. The molecule has 1 fully saturated rings. The molecule has 1 aliphatic heterocycles. The summed E-state index contributed by atoms with van der Waals surface area (Å²) in [7, 11) is 0. The van der Waals surface area contributed by atoms with Gasteiger partial charge in [-0.05, 0) is 36.4 Å². The Balaban J connectivity index is 1.42. The average molecular weight is 350 g/mol. The first kappa shape index (κ1) is 16.3. The number of halogens is 1. The smallest absolute Gasteiger partial charge is 0.247 e. The molecule has 0 saturated carbocycles. The number of para-hydroxylation sites is 1. The fourth-order valence-corrected chi connectivity index (χ4v) is 2.97. The van der Waals surface area contributed by atoms with Gasteiger partial charge < -0.3 is 15.1 Å². The molecule has 4 rings (SSSR count). The van der Waals surface area contributed by atoms with Crippen LogP contribution < -0.4 is 15.1 Å². The highest BCUT2D eigenvalue weighted by atomic mass is 19.1. The molecule has 0 amide bonds. The number of piperazine rings is 1. The van der Waals surface area contributed by atoms with Crippen molar-refractivity contribution in [3.8, 4) is 0 Å². The number of nitrogens with one attached hydrogen (secondary N) is 1. The van der Waals surface area contributed by atoms with Gasteiger partial charge in [0.05, 0.1) is 6.20 Å². The molecule has 26 heavy (non-hydrogen) atoms. The Kier molecular flexibility index (Phi) is 4.59. The van der Waals surface area contributed by atoms with Crippen molar-refractivity contribution in [1.29, 1.82) is 0 Å². The van der Waals surface area contributed by atoms with Crippen molar-refractivity contribution in [3.05, 3.63) is 66.6 Å². The summed E-state index contributed by atoms with van der Waals surface area (Å²) in [5.74, 6) is 0.922. The topological polar surface area (TPSA) is 57.2 Å². The van der Waals surface area contributed by atoms with Crippen molar-refractivity contribution in [1.82, 2.24) is 15.2 Å². The maximum absolute atomic E-state index is 13.0. The largest absolute Gasteiger partial charge is 0.368 e. The minimum atomic E-state index is -0.270. The summed E-state index contributed by atoms with van der Waals surface area (Å²) in [6.45, 7) is 3.47. The highest BCUT2D eigenvalue weighted by molar-refractivity contribution is 5.56. The third kappa shape index (κ3) is 3.72. The van der Waals surface area contributed by atoms with Gasteiger partial charge in [-0.2, -0.15) is 10.1 Å². The van der Waals surface area contributed by atoms with Crippen LogP contribution in [0.3, 0.4) is 0 Å². The minimum Gasteiger partial charge on any atom is -0.368 e. The molecule has 0 atom stereocenters. The molecule has 0 radical (unpaired) electrons. The summed E-state index contributed by atoms with van der Waals surface area (Å²) in [6.07, 6.45) is 1.56. The second-order valence-corrected chi connectivity index (χ2v) is 6.08. The zero-order valence-corrected chi connectivity index (χ0v) is 14.2. The van der Waals surface area contributed by atoms with E-state index in [0.29, 0.717) is 11.8 Å². The van der Waals surface area contributed by atoms with Crippen molar-refractivity contribution < 1.29 is 4.39 Å². The van der Waals surface area contributed by atoms with Gasteiger partial charge in [0.1, 0.15) is 5.82 Å². The zero-order chi connectivity index (χ0) is 17.8. The molecule has 1 aromatic heterocycles. The third-order valence-electron chi connectivity index (χ3n) is 4.35. The predicted octanol–water partition coefficient (Wildman–Crippen LogP) is 3.08. The first-order valence-corrected chi connectivity index (χ1v) is 8.55. The van der Waals surface area contributed by atoms with Crippen LogP contribution in [0.25, 0.3) is 0 Å². The Morgan fingerprint density at radius 2 is 1.54 bits per heavy atom. The fourth-order valence-electron chi connectivity index (χ4n) is 2.97. The molecular formula is C19H19FN6. The predicted molar refractivity (Wildman–Crippen MR) is 100 cm³/mol. The second-order valence-electron chi connectivity index (χ2n) is 6.08. The van der Waals surface area contributed by atoms with Crippen LogP contribution in [0.1, 0.15) is 0 Å². The van der Waals surface area contributed by atoms with Crippen LogP contribution in [-0.4, -0.2) is 41.4 Å². The first-order chi connectivity index (χ1) is 12.8. The van der Waals surface area contributed by atoms with Crippen LogP contribution in [0.15, 0.2) is 60.8 Å². The van der Waals surface area contributed by atoms with Crippen molar-refractivity contribution in [2.45, 2.75) is 0 Å². The van der Waals surface area contributed by atoms with Crippen molar-refractivity contribution in [3.63, 3.8) is 0 Å². The van der Waals surface area contributed by atoms with E-state index in [-0.39, 0.29) is 5.82 Å². The molecule has 6 nitrogen and oxygen atoms in total. The Labute approximate surface area is 151 Å². The lowest BCUT2D eigenvalue weighted by Crippen LogP contribution is -2.47. The zero-order valence-electron chi connectivity index (χ0n) is 14.2. The molecule has 0 spiro atoms. The summed E-state index contributed by atoms with van der Waals surface area (Å²) < 4.78 is 13.0. The lowest BCUT2D eigenvalue weighted by Gasteiger charge is -2.35. The van der Waals surface area contributed by atoms with Gasteiger partial charge in [0, 0.05) is 37.6 Å². The number of hydrogen-bond donors (Lipinski definition) is 1. The van der Waals surface area contributed by atoms with E-state index in [0.717, 1.165) is 31.9 Å². The van der Waals surface area contributed by atoms with Gasteiger partial charge in [-0.3, -0.25) is 0 Å². The van der Waals surface area contributed by atoms with E-state index >= 15 is 0 Å². The van der Waals surface area contributed by atoms with Gasteiger partial charge in [0.15, 0.2) is 5.82 Å². The lowest BCUT2D eigenvalue weighted by atomic mass is 10.2. The van der Waals surface area contributed by atoms with Gasteiger partial charge >= 0.3 is 0 Å². The summed E-state index contributed by atoms with van der Waals surface area (Å²) in [6, 6.07) is 16.5. The number of aromatic nitrogens is 3. The van der Waals surface area contributed by atoms with E-state index in [9.17, 15) is 4.39 Å². The fraction of sp³-hybridized carbons (Fsp3) is 0.211. The quantitative estimate of drug-likeness (QED) is 0.780. The summed E-state index contributed by atoms with van der Waals surface area (Å²) in [4.78, 5) is 9.02. The molecule has 3 aromatic rings. The van der Waals surface area contributed by atoms with E-state index in [1.807, 2.05) is 6.07 Å². The van der Waals surface area contributed by atoms with Crippen molar-refractivity contribution in [2.75, 3.05) is 41.3 Å². The molecule has 0 bridgehead atoms. The number of anilines is 4. The molecule has 0 unspecified atom stereocenters. The summed E-state index contributed by atoms with van der Waals surface area (Å²) in [5.41, 5.74) is 1.99.